The minimum Gasteiger partial charge on any atom is -0.387 e. The van der Waals surface area contributed by atoms with Crippen molar-refractivity contribution in [2.45, 2.75) is 39.8 Å². The van der Waals surface area contributed by atoms with Gasteiger partial charge in [-0.3, -0.25) is 0 Å². The van der Waals surface area contributed by atoms with Crippen LogP contribution in [0.4, 0.5) is 0 Å². The predicted octanol–water partition coefficient (Wildman–Crippen LogP) is 4.01. The summed E-state index contributed by atoms with van der Waals surface area (Å²) in [6.45, 7) is 7.16. The zero-order valence-electron chi connectivity index (χ0n) is 12.6. The number of aromatic nitrogens is 2. The summed E-state index contributed by atoms with van der Waals surface area (Å²) in [6, 6.07) is 10.2. The lowest BCUT2D eigenvalue weighted by molar-refractivity contribution is 0.178. The number of hydrogen-bond acceptors (Lipinski definition) is 3. The maximum Gasteiger partial charge on any atom is 0.112 e. The van der Waals surface area contributed by atoms with E-state index in [1.165, 1.54) is 10.4 Å². The maximum atomic E-state index is 10.5. The first kappa shape index (κ1) is 14.3. The molecule has 0 radical (unpaired) electrons. The molecule has 1 aromatic carbocycles. The number of aliphatic hydroxyl groups excluding tert-OH is 1. The second-order valence-electron chi connectivity index (χ2n) is 5.37. The standard InChI is InChI=1S/C17H20N2OS/c1-4-19-14-8-6-5-7-13(14)18-17(19)10-15(20)16-9-11(2)12(3)21-16/h5-9,15,20H,4,10H2,1-3H3. The minimum atomic E-state index is -0.482. The van der Waals surface area contributed by atoms with Crippen molar-refractivity contribution in [2.75, 3.05) is 0 Å². The van der Waals surface area contributed by atoms with E-state index in [-0.39, 0.29) is 0 Å². The molecule has 0 saturated carbocycles. The van der Waals surface area contributed by atoms with Gasteiger partial charge in [-0.25, -0.2) is 4.98 Å². The van der Waals surface area contributed by atoms with E-state index in [1.807, 2.05) is 18.2 Å². The van der Waals surface area contributed by atoms with Gasteiger partial charge in [-0.15, -0.1) is 11.3 Å². The Morgan fingerprint density at radius 1 is 1.29 bits per heavy atom. The summed E-state index contributed by atoms with van der Waals surface area (Å²) in [5, 5.41) is 10.5. The average Bonchev–Trinajstić information content (AvgIpc) is 2.99. The third-order valence-corrected chi connectivity index (χ3v) is 5.19. The second kappa shape index (κ2) is 5.62. The highest BCUT2D eigenvalue weighted by Gasteiger charge is 2.17. The highest BCUT2D eigenvalue weighted by molar-refractivity contribution is 7.12. The summed E-state index contributed by atoms with van der Waals surface area (Å²) < 4.78 is 2.19. The molecule has 0 aliphatic carbocycles. The molecule has 0 aliphatic rings. The topological polar surface area (TPSA) is 38.0 Å². The number of benzene rings is 1. The SMILES string of the molecule is CCn1c(CC(O)c2cc(C)c(C)s2)nc2ccccc21. The van der Waals surface area contributed by atoms with Gasteiger partial charge in [0.2, 0.25) is 0 Å². The quantitative estimate of drug-likeness (QED) is 0.790. The molecule has 1 unspecified atom stereocenters. The van der Waals surface area contributed by atoms with Crippen LogP contribution < -0.4 is 0 Å². The predicted molar refractivity (Wildman–Crippen MR) is 87.9 cm³/mol. The Morgan fingerprint density at radius 3 is 2.71 bits per heavy atom. The lowest BCUT2D eigenvalue weighted by Gasteiger charge is -2.10. The molecular weight excluding hydrogens is 280 g/mol. The number of hydrogen-bond donors (Lipinski definition) is 1. The zero-order valence-corrected chi connectivity index (χ0v) is 13.4. The Morgan fingerprint density at radius 2 is 2.05 bits per heavy atom. The molecule has 0 aliphatic heterocycles. The molecule has 0 fully saturated rings. The molecule has 0 spiro atoms. The lowest BCUT2D eigenvalue weighted by Crippen LogP contribution is -2.07. The van der Waals surface area contributed by atoms with Crippen LogP contribution in [-0.4, -0.2) is 14.7 Å². The van der Waals surface area contributed by atoms with Crippen molar-refractivity contribution in [3.05, 3.63) is 51.5 Å². The van der Waals surface area contributed by atoms with Gasteiger partial charge in [0, 0.05) is 22.7 Å². The van der Waals surface area contributed by atoms with Crippen LogP contribution in [0, 0.1) is 13.8 Å². The molecule has 110 valence electrons. The van der Waals surface area contributed by atoms with Crippen LogP contribution in [0.1, 0.15) is 34.2 Å². The summed E-state index contributed by atoms with van der Waals surface area (Å²) in [5.74, 6) is 0.954. The normalized spacial score (nSPS) is 13.0. The van der Waals surface area contributed by atoms with Crippen LogP contribution in [0.2, 0.25) is 0 Å². The molecule has 1 N–H and O–H groups in total. The van der Waals surface area contributed by atoms with Gasteiger partial charge in [-0.2, -0.15) is 0 Å². The molecule has 0 bridgehead atoms. The smallest absolute Gasteiger partial charge is 0.112 e. The van der Waals surface area contributed by atoms with Crippen LogP contribution in [0.3, 0.4) is 0 Å². The molecule has 2 aromatic heterocycles. The molecule has 0 amide bonds. The number of para-hydroxylation sites is 2. The Hall–Kier alpha value is -1.65. The maximum absolute atomic E-state index is 10.5. The number of thiophene rings is 1. The fourth-order valence-corrected chi connectivity index (χ4v) is 3.70. The van der Waals surface area contributed by atoms with E-state index < -0.39 is 6.10 Å². The highest BCUT2D eigenvalue weighted by Crippen LogP contribution is 2.29. The van der Waals surface area contributed by atoms with E-state index >= 15 is 0 Å². The van der Waals surface area contributed by atoms with E-state index in [4.69, 9.17) is 0 Å². The Balaban J connectivity index is 1.93. The van der Waals surface area contributed by atoms with Crippen molar-refractivity contribution in [1.82, 2.24) is 9.55 Å². The van der Waals surface area contributed by atoms with Gasteiger partial charge in [0.15, 0.2) is 0 Å². The van der Waals surface area contributed by atoms with Crippen molar-refractivity contribution < 1.29 is 5.11 Å². The lowest BCUT2D eigenvalue weighted by atomic mass is 10.2. The Kier molecular flexibility index (Phi) is 3.83. The Labute approximate surface area is 128 Å². The van der Waals surface area contributed by atoms with Crippen LogP contribution in [-0.2, 0) is 13.0 Å². The first-order valence-corrected chi connectivity index (χ1v) is 8.11. The first-order chi connectivity index (χ1) is 10.1. The molecule has 0 saturated heterocycles. The fraction of sp³-hybridized carbons (Fsp3) is 0.353. The van der Waals surface area contributed by atoms with E-state index in [1.54, 1.807) is 11.3 Å². The molecule has 4 heteroatoms. The van der Waals surface area contributed by atoms with E-state index in [0.29, 0.717) is 6.42 Å². The van der Waals surface area contributed by atoms with Gasteiger partial charge in [0.05, 0.1) is 17.1 Å². The molecule has 2 heterocycles. The van der Waals surface area contributed by atoms with Gasteiger partial charge >= 0.3 is 0 Å². The summed E-state index contributed by atoms with van der Waals surface area (Å²) in [4.78, 5) is 6.98. The fourth-order valence-electron chi connectivity index (χ4n) is 2.67. The van der Waals surface area contributed by atoms with Crippen molar-refractivity contribution in [3.63, 3.8) is 0 Å². The Bertz CT molecular complexity index is 753. The van der Waals surface area contributed by atoms with Crippen LogP contribution >= 0.6 is 11.3 Å². The minimum absolute atomic E-state index is 0.482. The van der Waals surface area contributed by atoms with Gasteiger partial charge in [-0.1, -0.05) is 12.1 Å². The molecule has 3 nitrogen and oxygen atoms in total. The summed E-state index contributed by atoms with van der Waals surface area (Å²) in [6.07, 6.45) is 0.0755. The van der Waals surface area contributed by atoms with Crippen molar-refractivity contribution in [1.29, 1.82) is 0 Å². The summed E-state index contributed by atoms with van der Waals surface area (Å²) in [7, 11) is 0. The number of nitrogens with zero attached hydrogens (tertiary/aromatic N) is 2. The largest absolute Gasteiger partial charge is 0.387 e. The van der Waals surface area contributed by atoms with Crippen molar-refractivity contribution in [2.24, 2.45) is 0 Å². The summed E-state index contributed by atoms with van der Waals surface area (Å²) in [5.41, 5.74) is 3.39. The van der Waals surface area contributed by atoms with Gasteiger partial charge in [0.25, 0.3) is 0 Å². The number of aryl methyl sites for hydroxylation is 3. The van der Waals surface area contributed by atoms with Crippen molar-refractivity contribution in [3.8, 4) is 0 Å². The number of fused-ring (bicyclic) bond motifs is 1. The van der Waals surface area contributed by atoms with Crippen LogP contribution in [0.5, 0.6) is 0 Å². The van der Waals surface area contributed by atoms with E-state index in [9.17, 15) is 5.11 Å². The highest BCUT2D eigenvalue weighted by atomic mass is 32.1. The number of imidazole rings is 1. The third kappa shape index (κ3) is 2.61. The molecule has 21 heavy (non-hydrogen) atoms. The van der Waals surface area contributed by atoms with Crippen molar-refractivity contribution >= 4 is 22.4 Å². The van der Waals surface area contributed by atoms with Crippen LogP contribution in [0.25, 0.3) is 11.0 Å². The zero-order chi connectivity index (χ0) is 15.0. The number of rotatable bonds is 4. The molecular formula is C17H20N2OS. The van der Waals surface area contributed by atoms with Gasteiger partial charge in [0.1, 0.15) is 5.82 Å². The summed E-state index contributed by atoms with van der Waals surface area (Å²) >= 11 is 1.68. The van der Waals surface area contributed by atoms with E-state index in [0.717, 1.165) is 28.3 Å². The first-order valence-electron chi connectivity index (χ1n) is 7.29. The second-order valence-corrected chi connectivity index (χ2v) is 6.66. The monoisotopic (exact) mass is 300 g/mol. The average molecular weight is 300 g/mol. The molecule has 3 aromatic rings. The molecule has 1 atom stereocenters. The van der Waals surface area contributed by atoms with E-state index in [2.05, 4.69) is 42.5 Å². The van der Waals surface area contributed by atoms with Gasteiger partial charge in [-0.05, 0) is 44.5 Å². The third-order valence-electron chi connectivity index (χ3n) is 3.94. The molecule has 3 rings (SSSR count). The number of aliphatic hydroxyl groups is 1. The van der Waals surface area contributed by atoms with Crippen LogP contribution in [0.15, 0.2) is 30.3 Å². The van der Waals surface area contributed by atoms with Gasteiger partial charge < -0.3 is 9.67 Å².